The molecule has 0 unspecified atom stereocenters. The molecule has 0 bridgehead atoms. The van der Waals surface area contributed by atoms with Crippen molar-refractivity contribution in [2.45, 2.75) is 26.3 Å². The Bertz CT molecular complexity index is 873. The molecular formula is C21H22BrClN2O4. The SMILES string of the molecule is CC[C@H](C)[C@H](NC(=O)c1ccc(Cl)cc1)C(=O)OCC(=O)Nc1cccc(Br)c1. The van der Waals surface area contributed by atoms with E-state index in [4.69, 9.17) is 16.3 Å². The number of rotatable bonds is 8. The number of benzene rings is 2. The van der Waals surface area contributed by atoms with Gasteiger partial charge in [0, 0.05) is 20.7 Å². The summed E-state index contributed by atoms with van der Waals surface area (Å²) >= 11 is 9.16. The number of hydrogen-bond acceptors (Lipinski definition) is 4. The first kappa shape index (κ1) is 22.9. The number of halogens is 2. The topological polar surface area (TPSA) is 84.5 Å². The first-order valence-corrected chi connectivity index (χ1v) is 10.3. The predicted molar refractivity (Wildman–Crippen MR) is 116 cm³/mol. The second-order valence-corrected chi connectivity index (χ2v) is 7.86. The van der Waals surface area contributed by atoms with E-state index in [0.29, 0.717) is 22.7 Å². The van der Waals surface area contributed by atoms with Crippen molar-refractivity contribution in [3.8, 4) is 0 Å². The number of amides is 2. The quantitative estimate of drug-likeness (QED) is 0.546. The Hall–Kier alpha value is -2.38. The van der Waals surface area contributed by atoms with Gasteiger partial charge in [-0.15, -0.1) is 0 Å². The lowest BCUT2D eigenvalue weighted by Gasteiger charge is -2.22. The second kappa shape index (κ2) is 11.0. The highest BCUT2D eigenvalue weighted by molar-refractivity contribution is 9.10. The van der Waals surface area contributed by atoms with Crippen LogP contribution in [0.2, 0.25) is 5.02 Å². The van der Waals surface area contributed by atoms with Gasteiger partial charge in [0.05, 0.1) is 0 Å². The van der Waals surface area contributed by atoms with Gasteiger partial charge in [0.1, 0.15) is 6.04 Å². The first-order valence-electron chi connectivity index (χ1n) is 9.08. The van der Waals surface area contributed by atoms with E-state index in [2.05, 4.69) is 26.6 Å². The fraction of sp³-hybridized carbons (Fsp3) is 0.286. The van der Waals surface area contributed by atoms with Crippen LogP contribution in [-0.2, 0) is 14.3 Å². The largest absolute Gasteiger partial charge is 0.454 e. The van der Waals surface area contributed by atoms with E-state index < -0.39 is 30.4 Å². The van der Waals surface area contributed by atoms with Crippen LogP contribution >= 0.6 is 27.5 Å². The second-order valence-electron chi connectivity index (χ2n) is 6.51. The van der Waals surface area contributed by atoms with Crippen LogP contribution in [0.1, 0.15) is 30.6 Å². The summed E-state index contributed by atoms with van der Waals surface area (Å²) in [5.41, 5.74) is 0.956. The number of hydrogen-bond donors (Lipinski definition) is 2. The summed E-state index contributed by atoms with van der Waals surface area (Å²) in [6, 6.07) is 12.5. The minimum atomic E-state index is -0.873. The summed E-state index contributed by atoms with van der Waals surface area (Å²) in [5.74, 6) is -1.72. The Labute approximate surface area is 183 Å². The first-order chi connectivity index (χ1) is 13.8. The molecule has 29 heavy (non-hydrogen) atoms. The Morgan fingerprint density at radius 2 is 1.83 bits per heavy atom. The Kier molecular flexibility index (Phi) is 8.67. The van der Waals surface area contributed by atoms with E-state index >= 15 is 0 Å². The zero-order valence-electron chi connectivity index (χ0n) is 16.1. The number of ether oxygens (including phenoxy) is 1. The molecule has 0 saturated carbocycles. The van der Waals surface area contributed by atoms with Crippen molar-refractivity contribution in [2.24, 2.45) is 5.92 Å². The van der Waals surface area contributed by atoms with E-state index in [1.165, 1.54) is 0 Å². The van der Waals surface area contributed by atoms with Gasteiger partial charge in [0.15, 0.2) is 6.61 Å². The average Bonchev–Trinajstić information content (AvgIpc) is 2.70. The van der Waals surface area contributed by atoms with Crippen molar-refractivity contribution in [3.05, 3.63) is 63.6 Å². The fourth-order valence-corrected chi connectivity index (χ4v) is 3.01. The van der Waals surface area contributed by atoms with Gasteiger partial charge in [-0.05, 0) is 48.4 Å². The lowest BCUT2D eigenvalue weighted by Crippen LogP contribution is -2.46. The summed E-state index contributed by atoms with van der Waals surface area (Å²) in [4.78, 5) is 37.0. The van der Waals surface area contributed by atoms with Gasteiger partial charge in [0.2, 0.25) is 0 Å². The van der Waals surface area contributed by atoms with Crippen molar-refractivity contribution in [2.75, 3.05) is 11.9 Å². The molecule has 2 N–H and O–H groups in total. The Morgan fingerprint density at radius 3 is 2.45 bits per heavy atom. The minimum Gasteiger partial charge on any atom is -0.454 e. The zero-order chi connectivity index (χ0) is 21.4. The third-order valence-electron chi connectivity index (χ3n) is 4.31. The molecule has 0 aliphatic carbocycles. The zero-order valence-corrected chi connectivity index (χ0v) is 18.4. The van der Waals surface area contributed by atoms with Crippen LogP contribution in [0.3, 0.4) is 0 Å². The molecule has 0 aliphatic heterocycles. The van der Waals surface area contributed by atoms with Crippen LogP contribution in [0, 0.1) is 5.92 Å². The van der Waals surface area contributed by atoms with Crippen LogP contribution in [-0.4, -0.2) is 30.4 Å². The van der Waals surface area contributed by atoms with Crippen LogP contribution in [0.4, 0.5) is 5.69 Å². The highest BCUT2D eigenvalue weighted by Gasteiger charge is 2.28. The fourth-order valence-electron chi connectivity index (χ4n) is 2.48. The van der Waals surface area contributed by atoms with Gasteiger partial charge in [-0.1, -0.05) is 53.9 Å². The number of anilines is 1. The maximum Gasteiger partial charge on any atom is 0.329 e. The van der Waals surface area contributed by atoms with Crippen LogP contribution in [0.5, 0.6) is 0 Å². The molecule has 6 nitrogen and oxygen atoms in total. The molecule has 0 radical (unpaired) electrons. The van der Waals surface area contributed by atoms with E-state index in [9.17, 15) is 14.4 Å². The van der Waals surface area contributed by atoms with Gasteiger partial charge in [-0.25, -0.2) is 4.79 Å². The van der Waals surface area contributed by atoms with Crippen molar-refractivity contribution in [1.29, 1.82) is 0 Å². The lowest BCUT2D eigenvalue weighted by molar-refractivity contribution is -0.150. The van der Waals surface area contributed by atoms with E-state index in [0.717, 1.165) is 4.47 Å². The van der Waals surface area contributed by atoms with Crippen molar-refractivity contribution >= 4 is 51.0 Å². The molecule has 0 aromatic heterocycles. The Morgan fingerprint density at radius 1 is 1.14 bits per heavy atom. The van der Waals surface area contributed by atoms with Gasteiger partial charge in [-0.2, -0.15) is 0 Å². The Balaban J connectivity index is 1.96. The summed E-state index contributed by atoms with van der Waals surface area (Å²) in [5, 5.41) is 5.85. The third kappa shape index (κ3) is 7.18. The van der Waals surface area contributed by atoms with Gasteiger partial charge in [0.25, 0.3) is 11.8 Å². The maximum atomic E-state index is 12.5. The summed E-state index contributed by atoms with van der Waals surface area (Å²) in [7, 11) is 0. The van der Waals surface area contributed by atoms with Gasteiger partial charge in [-0.3, -0.25) is 9.59 Å². The monoisotopic (exact) mass is 480 g/mol. The van der Waals surface area contributed by atoms with E-state index in [1.54, 1.807) is 42.5 Å². The molecule has 2 aromatic carbocycles. The van der Waals surface area contributed by atoms with Crippen LogP contribution in [0.25, 0.3) is 0 Å². The van der Waals surface area contributed by atoms with Gasteiger partial charge < -0.3 is 15.4 Å². The summed E-state index contributed by atoms with van der Waals surface area (Å²) < 4.78 is 5.96. The molecule has 0 saturated heterocycles. The maximum absolute atomic E-state index is 12.5. The number of nitrogens with one attached hydrogen (secondary N) is 2. The van der Waals surface area contributed by atoms with Gasteiger partial charge >= 0.3 is 5.97 Å². The highest BCUT2D eigenvalue weighted by Crippen LogP contribution is 2.16. The molecule has 2 amide bonds. The highest BCUT2D eigenvalue weighted by atomic mass is 79.9. The smallest absolute Gasteiger partial charge is 0.329 e. The van der Waals surface area contributed by atoms with Crippen molar-refractivity contribution in [1.82, 2.24) is 5.32 Å². The molecule has 2 atom stereocenters. The van der Waals surface area contributed by atoms with Crippen LogP contribution in [0.15, 0.2) is 53.0 Å². The standard InChI is InChI=1S/C21H22BrClN2O4/c1-3-13(2)19(25-20(27)14-7-9-16(23)10-8-14)21(28)29-12-18(26)24-17-6-4-5-15(22)11-17/h4-11,13,19H,3,12H2,1-2H3,(H,24,26)(H,25,27)/t13-,19-/m0/s1. The van der Waals surface area contributed by atoms with Crippen LogP contribution < -0.4 is 10.6 Å². The van der Waals surface area contributed by atoms with E-state index in [1.807, 2.05) is 19.9 Å². The molecular weight excluding hydrogens is 460 g/mol. The summed E-state index contributed by atoms with van der Waals surface area (Å²) in [6.07, 6.45) is 0.644. The lowest BCUT2D eigenvalue weighted by atomic mass is 9.99. The molecule has 154 valence electrons. The van der Waals surface area contributed by atoms with Crippen molar-refractivity contribution < 1.29 is 19.1 Å². The molecule has 2 aromatic rings. The van der Waals surface area contributed by atoms with Crippen molar-refractivity contribution in [3.63, 3.8) is 0 Å². The molecule has 2 rings (SSSR count). The molecule has 8 heteroatoms. The number of esters is 1. The molecule has 0 heterocycles. The molecule has 0 aliphatic rings. The number of carbonyl (C=O) groups excluding carboxylic acids is 3. The molecule has 0 fully saturated rings. The van der Waals surface area contributed by atoms with E-state index in [-0.39, 0.29) is 5.92 Å². The normalized spacial score (nSPS) is 12.6. The number of carbonyl (C=O) groups is 3. The summed E-state index contributed by atoms with van der Waals surface area (Å²) in [6.45, 7) is 3.28. The molecule has 0 spiro atoms. The minimum absolute atomic E-state index is 0.174. The third-order valence-corrected chi connectivity index (χ3v) is 5.06. The predicted octanol–water partition coefficient (Wildman–Crippen LogP) is 4.43. The average molecular weight is 482 g/mol.